The van der Waals surface area contributed by atoms with Crippen LogP contribution >= 0.6 is 0 Å². The van der Waals surface area contributed by atoms with Crippen LogP contribution in [0.1, 0.15) is 0 Å². The van der Waals surface area contributed by atoms with Crippen LogP contribution in [0.5, 0.6) is 0 Å². The third-order valence-corrected chi connectivity index (χ3v) is 6.30. The number of amides is 1. The fraction of sp³-hybridized carbons (Fsp3) is 0.375. The molecular weight excluding hydrogens is 402 g/mol. The summed E-state index contributed by atoms with van der Waals surface area (Å²) in [5.74, 6) is 2.08. The molecule has 2 aromatic heterocycles. The van der Waals surface area contributed by atoms with Crippen molar-refractivity contribution in [3.8, 4) is 5.82 Å². The van der Waals surface area contributed by atoms with Gasteiger partial charge in [0, 0.05) is 70.4 Å². The number of hydrogen-bond acceptors (Lipinski definition) is 6. The van der Waals surface area contributed by atoms with Crippen molar-refractivity contribution in [2.45, 2.75) is 0 Å². The van der Waals surface area contributed by atoms with E-state index in [1.165, 1.54) is 5.69 Å². The van der Waals surface area contributed by atoms with Gasteiger partial charge in [0.15, 0.2) is 0 Å². The van der Waals surface area contributed by atoms with Crippen LogP contribution in [0.25, 0.3) is 5.82 Å². The van der Waals surface area contributed by atoms with Gasteiger partial charge in [-0.1, -0.05) is 24.3 Å². The molecule has 0 unspecified atom stereocenters. The Hall–Kier alpha value is -3.39. The van der Waals surface area contributed by atoms with Crippen LogP contribution in [0.3, 0.4) is 0 Å². The molecule has 0 atom stereocenters. The number of pyridine rings is 1. The smallest absolute Gasteiger partial charge is 0.236 e. The Labute approximate surface area is 188 Å². The molecule has 0 saturated carbocycles. The molecule has 8 nitrogen and oxygen atoms in total. The highest BCUT2D eigenvalue weighted by atomic mass is 16.2. The molecule has 2 fully saturated rings. The maximum Gasteiger partial charge on any atom is 0.236 e. The topological polar surface area (TPSA) is 60.7 Å². The van der Waals surface area contributed by atoms with Crippen molar-refractivity contribution in [2.75, 3.05) is 68.7 Å². The second-order valence-electron chi connectivity index (χ2n) is 8.29. The molecule has 0 bridgehead atoms. The van der Waals surface area contributed by atoms with E-state index in [1.807, 2.05) is 39.9 Å². The molecule has 32 heavy (non-hydrogen) atoms. The second kappa shape index (κ2) is 9.40. The molecule has 166 valence electrons. The molecule has 3 aromatic rings. The van der Waals surface area contributed by atoms with E-state index in [2.05, 4.69) is 43.9 Å². The molecule has 2 aliphatic rings. The fourth-order valence-corrected chi connectivity index (χ4v) is 4.41. The minimum absolute atomic E-state index is 0.242. The summed E-state index contributed by atoms with van der Waals surface area (Å²) < 4.78 is 1.91. The van der Waals surface area contributed by atoms with Gasteiger partial charge >= 0.3 is 0 Å². The van der Waals surface area contributed by atoms with Crippen molar-refractivity contribution >= 4 is 17.4 Å². The number of nitrogens with zero attached hydrogens (tertiary/aromatic N) is 7. The van der Waals surface area contributed by atoms with Gasteiger partial charge in [-0.3, -0.25) is 14.3 Å². The Balaban J connectivity index is 1.10. The van der Waals surface area contributed by atoms with E-state index < -0.39 is 0 Å². The molecule has 1 amide bonds. The zero-order chi connectivity index (χ0) is 21.8. The summed E-state index contributed by atoms with van der Waals surface area (Å²) in [5.41, 5.74) is 1.24. The van der Waals surface area contributed by atoms with Crippen LogP contribution in [0.4, 0.5) is 11.5 Å². The number of hydrogen-bond donors (Lipinski definition) is 0. The van der Waals surface area contributed by atoms with Gasteiger partial charge in [-0.05, 0) is 24.3 Å². The molecule has 0 spiro atoms. The Bertz CT molecular complexity index is 1010. The van der Waals surface area contributed by atoms with E-state index in [-0.39, 0.29) is 5.91 Å². The van der Waals surface area contributed by atoms with Crippen molar-refractivity contribution < 1.29 is 4.79 Å². The number of imidazole rings is 1. The molecule has 0 radical (unpaired) electrons. The summed E-state index contributed by atoms with van der Waals surface area (Å²) in [6, 6.07) is 16.5. The average molecular weight is 432 g/mol. The zero-order valence-electron chi connectivity index (χ0n) is 18.3. The van der Waals surface area contributed by atoms with Crippen molar-refractivity contribution in [3.63, 3.8) is 0 Å². The van der Waals surface area contributed by atoms with Gasteiger partial charge in [0.1, 0.15) is 18.0 Å². The van der Waals surface area contributed by atoms with Gasteiger partial charge in [0.2, 0.25) is 5.91 Å². The van der Waals surface area contributed by atoms with Crippen molar-refractivity contribution in [3.05, 3.63) is 67.3 Å². The molecule has 1 aromatic carbocycles. The highest BCUT2D eigenvalue weighted by Crippen LogP contribution is 2.18. The lowest BCUT2D eigenvalue weighted by molar-refractivity contribution is -0.132. The van der Waals surface area contributed by atoms with E-state index in [1.54, 1.807) is 12.5 Å². The first-order valence-corrected chi connectivity index (χ1v) is 11.3. The van der Waals surface area contributed by atoms with Crippen molar-refractivity contribution in [1.29, 1.82) is 0 Å². The van der Waals surface area contributed by atoms with E-state index in [0.717, 1.165) is 64.0 Å². The minimum Gasteiger partial charge on any atom is -0.368 e. The van der Waals surface area contributed by atoms with E-state index >= 15 is 0 Å². The molecule has 2 saturated heterocycles. The third kappa shape index (κ3) is 4.60. The third-order valence-electron chi connectivity index (χ3n) is 6.30. The largest absolute Gasteiger partial charge is 0.368 e. The first-order chi connectivity index (χ1) is 15.8. The standard InChI is InChI=1S/C24H29N7O/c32-24(30-17-15-28(16-18-30)21-5-2-1-3-6-21)19-27-11-13-29(14-12-27)22-7-4-8-23(26-22)31-10-9-25-20-31/h1-10,20H,11-19H2. The summed E-state index contributed by atoms with van der Waals surface area (Å²) in [5, 5.41) is 0. The van der Waals surface area contributed by atoms with Crippen LogP contribution in [0.15, 0.2) is 67.3 Å². The number of para-hydroxylation sites is 1. The fourth-order valence-electron chi connectivity index (χ4n) is 4.41. The van der Waals surface area contributed by atoms with Gasteiger partial charge in [0.25, 0.3) is 0 Å². The SMILES string of the molecule is O=C(CN1CCN(c2cccc(-n3ccnc3)n2)CC1)N1CCN(c2ccccc2)CC1. The number of piperazine rings is 2. The first kappa shape index (κ1) is 20.5. The van der Waals surface area contributed by atoms with Gasteiger partial charge in [-0.2, -0.15) is 0 Å². The predicted octanol–water partition coefficient (Wildman–Crippen LogP) is 1.74. The van der Waals surface area contributed by atoms with Gasteiger partial charge in [-0.25, -0.2) is 9.97 Å². The molecule has 2 aliphatic heterocycles. The Morgan fingerprint density at radius 3 is 2.22 bits per heavy atom. The van der Waals surface area contributed by atoms with Crippen LogP contribution in [-0.2, 0) is 4.79 Å². The average Bonchev–Trinajstić information content (AvgIpc) is 3.40. The number of aromatic nitrogens is 3. The monoisotopic (exact) mass is 431 g/mol. The van der Waals surface area contributed by atoms with E-state index in [4.69, 9.17) is 4.98 Å². The lowest BCUT2D eigenvalue weighted by atomic mass is 10.2. The molecule has 0 aliphatic carbocycles. The highest BCUT2D eigenvalue weighted by Gasteiger charge is 2.25. The first-order valence-electron chi connectivity index (χ1n) is 11.3. The molecule has 4 heterocycles. The number of carbonyl (C=O) groups is 1. The van der Waals surface area contributed by atoms with Gasteiger partial charge in [-0.15, -0.1) is 0 Å². The number of carbonyl (C=O) groups excluding carboxylic acids is 1. The minimum atomic E-state index is 0.242. The van der Waals surface area contributed by atoms with Crippen LogP contribution in [0, 0.1) is 0 Å². The quantitative estimate of drug-likeness (QED) is 0.613. The van der Waals surface area contributed by atoms with Crippen LogP contribution < -0.4 is 9.80 Å². The zero-order valence-corrected chi connectivity index (χ0v) is 18.3. The number of anilines is 2. The maximum absolute atomic E-state index is 12.9. The maximum atomic E-state index is 12.9. The lowest BCUT2D eigenvalue weighted by Crippen LogP contribution is -2.54. The summed E-state index contributed by atoms with van der Waals surface area (Å²) in [6.45, 7) is 7.34. The summed E-state index contributed by atoms with van der Waals surface area (Å²) in [4.78, 5) is 30.7. The van der Waals surface area contributed by atoms with Crippen LogP contribution in [0.2, 0.25) is 0 Å². The molecule has 5 rings (SSSR count). The molecule has 8 heteroatoms. The second-order valence-corrected chi connectivity index (χ2v) is 8.29. The Morgan fingerprint density at radius 2 is 1.50 bits per heavy atom. The van der Waals surface area contributed by atoms with Crippen LogP contribution in [-0.4, -0.2) is 89.1 Å². The van der Waals surface area contributed by atoms with Crippen molar-refractivity contribution in [1.82, 2.24) is 24.3 Å². The van der Waals surface area contributed by atoms with Gasteiger partial charge < -0.3 is 14.7 Å². The lowest BCUT2D eigenvalue weighted by Gasteiger charge is -2.39. The molecular formula is C24H29N7O. The summed E-state index contributed by atoms with van der Waals surface area (Å²) in [6.07, 6.45) is 5.41. The van der Waals surface area contributed by atoms with E-state index in [9.17, 15) is 4.79 Å². The summed E-state index contributed by atoms with van der Waals surface area (Å²) >= 11 is 0. The van der Waals surface area contributed by atoms with E-state index in [0.29, 0.717) is 6.54 Å². The van der Waals surface area contributed by atoms with Crippen molar-refractivity contribution in [2.24, 2.45) is 0 Å². The normalized spacial score (nSPS) is 17.6. The molecule has 0 N–H and O–H groups in total. The van der Waals surface area contributed by atoms with Gasteiger partial charge in [0.05, 0.1) is 6.54 Å². The Kier molecular flexibility index (Phi) is 6.02. The Morgan fingerprint density at radius 1 is 0.781 bits per heavy atom. The number of benzene rings is 1. The number of rotatable bonds is 5. The predicted molar refractivity (Wildman–Crippen MR) is 125 cm³/mol. The highest BCUT2D eigenvalue weighted by molar-refractivity contribution is 5.78. The summed E-state index contributed by atoms with van der Waals surface area (Å²) in [7, 11) is 0.